The van der Waals surface area contributed by atoms with E-state index in [1.54, 1.807) is 12.1 Å². The Kier molecular flexibility index (Phi) is 4.67. The second-order valence-corrected chi connectivity index (χ2v) is 6.25. The Morgan fingerprint density at radius 1 is 1.32 bits per heavy atom. The molecule has 0 aromatic heterocycles. The smallest absolute Gasteiger partial charge is 0.307 e. The third kappa shape index (κ3) is 3.39. The van der Waals surface area contributed by atoms with Crippen LogP contribution in [0.4, 0.5) is 5.69 Å². The van der Waals surface area contributed by atoms with Crippen LogP contribution >= 0.6 is 34.2 Å². The topological polar surface area (TPSA) is 66.4 Å². The zero-order valence-corrected chi connectivity index (χ0v) is 12.9. The number of hydrogen-bond acceptors (Lipinski definition) is 2. The maximum atomic E-state index is 12.1. The molecule has 2 N–H and O–H groups in total. The van der Waals surface area contributed by atoms with Crippen molar-refractivity contribution in [2.45, 2.75) is 19.3 Å². The van der Waals surface area contributed by atoms with Gasteiger partial charge >= 0.3 is 5.97 Å². The fourth-order valence-electron chi connectivity index (χ4n) is 2.39. The number of carboxylic acid groups (broad SMARTS) is 1. The molecule has 1 fully saturated rings. The van der Waals surface area contributed by atoms with Gasteiger partial charge in [0.2, 0.25) is 5.91 Å². The minimum absolute atomic E-state index is 0.256. The van der Waals surface area contributed by atoms with Gasteiger partial charge in [0, 0.05) is 3.57 Å². The average molecular weight is 394 g/mol. The van der Waals surface area contributed by atoms with Crippen molar-refractivity contribution in [3.8, 4) is 0 Å². The third-order valence-electron chi connectivity index (χ3n) is 3.36. The molecule has 2 atom stereocenters. The van der Waals surface area contributed by atoms with Crippen LogP contribution in [-0.4, -0.2) is 17.0 Å². The van der Waals surface area contributed by atoms with E-state index in [2.05, 4.69) is 27.9 Å². The van der Waals surface area contributed by atoms with Crippen LogP contribution in [0.25, 0.3) is 0 Å². The van der Waals surface area contributed by atoms with Crippen LogP contribution in [-0.2, 0) is 9.59 Å². The van der Waals surface area contributed by atoms with Gasteiger partial charge in [0.15, 0.2) is 0 Å². The number of benzene rings is 1. The molecule has 1 aliphatic rings. The molecule has 0 aliphatic heterocycles. The fourth-order valence-corrected chi connectivity index (χ4v) is 3.29. The molecule has 0 spiro atoms. The Morgan fingerprint density at radius 3 is 2.63 bits per heavy atom. The first-order valence-electron chi connectivity index (χ1n) is 5.98. The molecule has 1 amide bonds. The minimum Gasteiger partial charge on any atom is -0.481 e. The van der Waals surface area contributed by atoms with Gasteiger partial charge in [-0.25, -0.2) is 0 Å². The average Bonchev–Trinajstić information content (AvgIpc) is 2.82. The van der Waals surface area contributed by atoms with E-state index in [0.717, 1.165) is 9.99 Å². The first-order valence-corrected chi connectivity index (χ1v) is 7.43. The summed E-state index contributed by atoms with van der Waals surface area (Å²) in [6, 6.07) is 5.32. The summed E-state index contributed by atoms with van der Waals surface area (Å²) in [5.41, 5.74) is 0.531. The van der Waals surface area contributed by atoms with Gasteiger partial charge in [0.1, 0.15) is 0 Å². The van der Waals surface area contributed by atoms with Crippen molar-refractivity contribution in [1.29, 1.82) is 0 Å². The zero-order valence-electron chi connectivity index (χ0n) is 10.0. The van der Waals surface area contributed by atoms with Gasteiger partial charge in [-0.1, -0.05) is 18.0 Å². The summed E-state index contributed by atoms with van der Waals surface area (Å²) < 4.78 is 0.977. The van der Waals surface area contributed by atoms with E-state index in [-0.39, 0.29) is 5.91 Å². The highest BCUT2D eigenvalue weighted by molar-refractivity contribution is 14.1. The van der Waals surface area contributed by atoms with Gasteiger partial charge < -0.3 is 10.4 Å². The molecule has 0 heterocycles. The predicted octanol–water partition coefficient (Wildman–Crippen LogP) is 3.38. The summed E-state index contributed by atoms with van der Waals surface area (Å²) >= 11 is 8.17. The predicted molar refractivity (Wildman–Crippen MR) is 81.3 cm³/mol. The molecule has 19 heavy (non-hydrogen) atoms. The first kappa shape index (κ1) is 14.6. The molecule has 1 aromatic rings. The quantitative estimate of drug-likeness (QED) is 0.774. The van der Waals surface area contributed by atoms with Crippen LogP contribution in [0.1, 0.15) is 19.3 Å². The molecular weight excluding hydrogens is 381 g/mol. The van der Waals surface area contributed by atoms with Crippen LogP contribution in [0.5, 0.6) is 0 Å². The van der Waals surface area contributed by atoms with E-state index in [1.165, 1.54) is 0 Å². The number of halogens is 2. The lowest BCUT2D eigenvalue weighted by Gasteiger charge is -2.16. The molecule has 1 aromatic carbocycles. The lowest BCUT2D eigenvalue weighted by atomic mass is 9.95. The molecule has 0 saturated heterocycles. The second kappa shape index (κ2) is 6.09. The van der Waals surface area contributed by atoms with Gasteiger partial charge in [-0.15, -0.1) is 0 Å². The molecule has 6 heteroatoms. The maximum absolute atomic E-state index is 12.1. The highest BCUT2D eigenvalue weighted by Gasteiger charge is 2.37. The molecule has 0 bridgehead atoms. The van der Waals surface area contributed by atoms with Crippen molar-refractivity contribution in [2.75, 3.05) is 5.32 Å². The summed E-state index contributed by atoms with van der Waals surface area (Å²) in [7, 11) is 0. The van der Waals surface area contributed by atoms with Crippen molar-refractivity contribution in [2.24, 2.45) is 11.8 Å². The molecular formula is C13H13ClINO3. The Hall–Kier alpha value is -0.820. The molecule has 2 rings (SSSR count). The Morgan fingerprint density at radius 2 is 2.00 bits per heavy atom. The second-order valence-electron chi connectivity index (χ2n) is 4.60. The number of anilines is 1. The molecule has 4 nitrogen and oxygen atoms in total. The number of hydrogen-bond donors (Lipinski definition) is 2. The van der Waals surface area contributed by atoms with Gasteiger partial charge in [0.05, 0.1) is 22.5 Å². The minimum atomic E-state index is -0.897. The van der Waals surface area contributed by atoms with E-state index in [1.807, 2.05) is 6.07 Å². The van der Waals surface area contributed by atoms with Crippen molar-refractivity contribution in [1.82, 2.24) is 0 Å². The van der Waals surface area contributed by atoms with E-state index in [0.29, 0.717) is 23.6 Å². The number of carbonyl (C=O) groups excluding carboxylic acids is 1. The lowest BCUT2D eigenvalue weighted by Crippen LogP contribution is -2.30. The number of carbonyl (C=O) groups is 2. The number of amides is 1. The van der Waals surface area contributed by atoms with E-state index in [4.69, 9.17) is 16.7 Å². The van der Waals surface area contributed by atoms with E-state index in [9.17, 15) is 9.59 Å². The van der Waals surface area contributed by atoms with Crippen LogP contribution in [0.3, 0.4) is 0 Å². The standard InChI is InChI=1S/C13H13ClINO3/c14-10-6-7(15)4-5-11(10)16-12(17)8-2-1-3-9(8)13(18)19/h4-6,8-9H,1-3H2,(H,16,17)(H,18,19)/t8-,9+/m1/s1. The number of carboxylic acids is 1. The van der Waals surface area contributed by atoms with Gasteiger partial charge in [0.25, 0.3) is 0 Å². The molecule has 1 aliphatic carbocycles. The van der Waals surface area contributed by atoms with Crippen molar-refractivity contribution < 1.29 is 14.7 Å². The van der Waals surface area contributed by atoms with Gasteiger partial charge in [-0.05, 0) is 53.6 Å². The molecule has 1 saturated carbocycles. The normalized spacial score (nSPS) is 22.2. The van der Waals surface area contributed by atoms with Crippen molar-refractivity contribution in [3.63, 3.8) is 0 Å². The largest absolute Gasteiger partial charge is 0.481 e. The summed E-state index contributed by atoms with van der Waals surface area (Å²) in [6.07, 6.45) is 1.95. The molecule has 0 radical (unpaired) electrons. The Labute approximate surface area is 129 Å². The summed E-state index contributed by atoms with van der Waals surface area (Å²) in [5.74, 6) is -2.20. The van der Waals surface area contributed by atoms with Crippen LogP contribution in [0.2, 0.25) is 5.02 Å². The zero-order chi connectivity index (χ0) is 14.0. The fraction of sp³-hybridized carbons (Fsp3) is 0.385. The Balaban J connectivity index is 2.10. The summed E-state index contributed by atoms with van der Waals surface area (Å²) in [4.78, 5) is 23.2. The highest BCUT2D eigenvalue weighted by Crippen LogP contribution is 2.33. The maximum Gasteiger partial charge on any atom is 0.307 e. The van der Waals surface area contributed by atoms with Crippen molar-refractivity contribution >= 4 is 51.8 Å². The summed E-state index contributed by atoms with van der Waals surface area (Å²) in [5, 5.41) is 12.3. The lowest BCUT2D eigenvalue weighted by molar-refractivity contribution is -0.145. The molecule has 102 valence electrons. The van der Waals surface area contributed by atoms with Gasteiger partial charge in [-0.3, -0.25) is 9.59 Å². The number of nitrogens with one attached hydrogen (secondary N) is 1. The molecule has 0 unspecified atom stereocenters. The van der Waals surface area contributed by atoms with E-state index < -0.39 is 17.8 Å². The third-order valence-corrected chi connectivity index (χ3v) is 4.34. The summed E-state index contributed by atoms with van der Waals surface area (Å²) in [6.45, 7) is 0. The first-order chi connectivity index (χ1) is 8.99. The van der Waals surface area contributed by atoms with Crippen LogP contribution in [0.15, 0.2) is 18.2 Å². The number of aliphatic carboxylic acids is 1. The number of rotatable bonds is 3. The Bertz CT molecular complexity index is 521. The monoisotopic (exact) mass is 393 g/mol. The van der Waals surface area contributed by atoms with Gasteiger partial charge in [-0.2, -0.15) is 0 Å². The van der Waals surface area contributed by atoms with E-state index >= 15 is 0 Å². The highest BCUT2D eigenvalue weighted by atomic mass is 127. The SMILES string of the molecule is O=C(O)[C@H]1CCC[C@H]1C(=O)Nc1ccc(I)cc1Cl. The van der Waals surface area contributed by atoms with Crippen molar-refractivity contribution in [3.05, 3.63) is 26.8 Å². The van der Waals surface area contributed by atoms with Crippen LogP contribution < -0.4 is 5.32 Å². The van der Waals surface area contributed by atoms with Crippen LogP contribution in [0, 0.1) is 15.4 Å².